The molecule has 0 aromatic heterocycles. The fourth-order valence-corrected chi connectivity index (χ4v) is 2.22. The maximum absolute atomic E-state index is 12.1. The lowest BCUT2D eigenvalue weighted by Gasteiger charge is -2.12. The number of amides is 2. The van der Waals surface area contributed by atoms with Crippen molar-refractivity contribution in [1.82, 2.24) is 0 Å². The lowest BCUT2D eigenvalue weighted by Crippen LogP contribution is -2.22. The Hall–Kier alpha value is -3.02. The highest BCUT2D eigenvalue weighted by molar-refractivity contribution is 5.95. The second-order valence-electron chi connectivity index (χ2n) is 5.37. The Morgan fingerprint density at radius 2 is 1.75 bits per heavy atom. The summed E-state index contributed by atoms with van der Waals surface area (Å²) in [7, 11) is 1.59. The molecule has 0 fully saturated rings. The van der Waals surface area contributed by atoms with Gasteiger partial charge in [-0.05, 0) is 42.8 Å². The standard InChI is InChI=1S/C18H21N3O3/c1-12-7-8-17(24-3)16(9-12)19-11-18(23)21-15-6-4-5-14(10-15)20-13(2)22/h4-10,19H,11H2,1-3H3,(H,20,22)(H,21,23). The van der Waals surface area contributed by atoms with E-state index in [9.17, 15) is 9.59 Å². The number of hydrogen-bond acceptors (Lipinski definition) is 4. The number of rotatable bonds is 6. The van der Waals surface area contributed by atoms with Gasteiger partial charge in [-0.25, -0.2) is 0 Å². The summed E-state index contributed by atoms with van der Waals surface area (Å²) < 4.78 is 5.27. The van der Waals surface area contributed by atoms with Crippen molar-refractivity contribution in [2.24, 2.45) is 0 Å². The lowest BCUT2D eigenvalue weighted by molar-refractivity contribution is -0.115. The number of carbonyl (C=O) groups is 2. The fourth-order valence-electron chi connectivity index (χ4n) is 2.22. The summed E-state index contributed by atoms with van der Waals surface area (Å²) >= 11 is 0. The highest BCUT2D eigenvalue weighted by Gasteiger charge is 2.07. The molecule has 0 heterocycles. The minimum absolute atomic E-state index is 0.101. The van der Waals surface area contributed by atoms with Crippen molar-refractivity contribution in [1.29, 1.82) is 0 Å². The molecule has 0 aliphatic carbocycles. The number of methoxy groups -OCH3 is 1. The molecule has 2 rings (SSSR count). The topological polar surface area (TPSA) is 79.5 Å². The Morgan fingerprint density at radius 1 is 1.04 bits per heavy atom. The number of nitrogens with one attached hydrogen (secondary N) is 3. The molecule has 2 aromatic rings. The van der Waals surface area contributed by atoms with Crippen LogP contribution in [0.2, 0.25) is 0 Å². The summed E-state index contributed by atoms with van der Waals surface area (Å²) in [4.78, 5) is 23.2. The predicted molar refractivity (Wildman–Crippen MR) is 95.6 cm³/mol. The molecule has 0 spiro atoms. The van der Waals surface area contributed by atoms with Crippen molar-refractivity contribution in [2.75, 3.05) is 29.6 Å². The molecule has 0 radical (unpaired) electrons. The van der Waals surface area contributed by atoms with Gasteiger partial charge in [0.25, 0.3) is 0 Å². The number of hydrogen-bond donors (Lipinski definition) is 3. The molecule has 0 aliphatic heterocycles. The zero-order valence-electron chi connectivity index (χ0n) is 14.0. The summed E-state index contributed by atoms with van der Waals surface area (Å²) in [5.41, 5.74) is 3.08. The Bertz CT molecular complexity index is 744. The van der Waals surface area contributed by atoms with Gasteiger partial charge in [-0.1, -0.05) is 12.1 Å². The van der Waals surface area contributed by atoms with Crippen LogP contribution in [-0.2, 0) is 9.59 Å². The average Bonchev–Trinajstić information content (AvgIpc) is 2.53. The molecule has 6 nitrogen and oxygen atoms in total. The summed E-state index contributed by atoms with van der Waals surface area (Å²) in [6.45, 7) is 3.51. The Kier molecular flexibility index (Phi) is 5.78. The van der Waals surface area contributed by atoms with Gasteiger partial charge in [-0.3, -0.25) is 9.59 Å². The molecule has 24 heavy (non-hydrogen) atoms. The molecular formula is C18H21N3O3. The minimum Gasteiger partial charge on any atom is -0.495 e. The third kappa shape index (κ3) is 5.01. The van der Waals surface area contributed by atoms with Gasteiger partial charge >= 0.3 is 0 Å². The molecule has 126 valence electrons. The van der Waals surface area contributed by atoms with Crippen LogP contribution < -0.4 is 20.7 Å². The van der Waals surface area contributed by atoms with E-state index in [1.807, 2.05) is 25.1 Å². The number of aryl methyl sites for hydroxylation is 1. The van der Waals surface area contributed by atoms with Crippen molar-refractivity contribution >= 4 is 28.9 Å². The Balaban J connectivity index is 1.96. The van der Waals surface area contributed by atoms with Crippen LogP contribution in [0.25, 0.3) is 0 Å². The van der Waals surface area contributed by atoms with Crippen molar-refractivity contribution in [3.63, 3.8) is 0 Å². The van der Waals surface area contributed by atoms with Crippen LogP contribution in [0.15, 0.2) is 42.5 Å². The lowest BCUT2D eigenvalue weighted by atomic mass is 10.2. The van der Waals surface area contributed by atoms with Crippen LogP contribution in [-0.4, -0.2) is 25.5 Å². The van der Waals surface area contributed by atoms with Gasteiger partial charge in [0.1, 0.15) is 5.75 Å². The van der Waals surface area contributed by atoms with E-state index >= 15 is 0 Å². The highest BCUT2D eigenvalue weighted by atomic mass is 16.5. The Morgan fingerprint density at radius 3 is 2.42 bits per heavy atom. The summed E-state index contributed by atoms with van der Waals surface area (Å²) in [6.07, 6.45) is 0. The van der Waals surface area contributed by atoms with Gasteiger partial charge in [-0.2, -0.15) is 0 Å². The molecule has 0 aliphatic rings. The first-order chi connectivity index (χ1) is 11.5. The quantitative estimate of drug-likeness (QED) is 0.762. The van der Waals surface area contributed by atoms with E-state index < -0.39 is 0 Å². The van der Waals surface area contributed by atoms with E-state index in [1.54, 1.807) is 31.4 Å². The number of ether oxygens (including phenoxy) is 1. The zero-order chi connectivity index (χ0) is 17.5. The van der Waals surface area contributed by atoms with E-state index in [2.05, 4.69) is 16.0 Å². The van der Waals surface area contributed by atoms with Crippen LogP contribution in [0.5, 0.6) is 5.75 Å². The van der Waals surface area contributed by atoms with Gasteiger partial charge < -0.3 is 20.7 Å². The molecule has 6 heteroatoms. The van der Waals surface area contributed by atoms with Gasteiger partial charge in [0, 0.05) is 18.3 Å². The van der Waals surface area contributed by atoms with Crippen LogP contribution in [0.4, 0.5) is 17.1 Å². The maximum atomic E-state index is 12.1. The first-order valence-corrected chi connectivity index (χ1v) is 7.54. The summed E-state index contributed by atoms with van der Waals surface area (Å²) in [5.74, 6) is 0.325. The summed E-state index contributed by atoms with van der Waals surface area (Å²) in [5, 5.41) is 8.52. The number of anilines is 3. The highest BCUT2D eigenvalue weighted by Crippen LogP contribution is 2.25. The van der Waals surface area contributed by atoms with Gasteiger partial charge in [0.2, 0.25) is 11.8 Å². The van der Waals surface area contributed by atoms with E-state index in [1.165, 1.54) is 6.92 Å². The van der Waals surface area contributed by atoms with E-state index in [0.29, 0.717) is 17.1 Å². The number of carbonyl (C=O) groups excluding carboxylic acids is 2. The van der Waals surface area contributed by atoms with Crippen molar-refractivity contribution in [3.8, 4) is 5.75 Å². The molecule has 0 atom stereocenters. The predicted octanol–water partition coefficient (Wildman–Crippen LogP) is 3.01. The van der Waals surface area contributed by atoms with E-state index in [0.717, 1.165) is 11.3 Å². The van der Waals surface area contributed by atoms with Crippen LogP contribution in [0, 0.1) is 6.92 Å². The minimum atomic E-state index is -0.196. The van der Waals surface area contributed by atoms with Gasteiger partial charge in [0.05, 0.1) is 19.3 Å². The van der Waals surface area contributed by atoms with Crippen LogP contribution in [0.3, 0.4) is 0 Å². The molecule has 0 unspecified atom stereocenters. The van der Waals surface area contributed by atoms with Crippen molar-refractivity contribution in [3.05, 3.63) is 48.0 Å². The van der Waals surface area contributed by atoms with Gasteiger partial charge in [-0.15, -0.1) is 0 Å². The third-order valence-electron chi connectivity index (χ3n) is 3.26. The third-order valence-corrected chi connectivity index (χ3v) is 3.26. The van der Waals surface area contributed by atoms with E-state index in [4.69, 9.17) is 4.74 Å². The molecule has 0 bridgehead atoms. The molecular weight excluding hydrogens is 306 g/mol. The second-order valence-corrected chi connectivity index (χ2v) is 5.37. The second kappa shape index (κ2) is 8.01. The SMILES string of the molecule is COc1ccc(C)cc1NCC(=O)Nc1cccc(NC(C)=O)c1. The molecule has 0 saturated carbocycles. The monoisotopic (exact) mass is 327 g/mol. The fraction of sp³-hybridized carbons (Fsp3) is 0.222. The largest absolute Gasteiger partial charge is 0.495 e. The molecule has 3 N–H and O–H groups in total. The maximum Gasteiger partial charge on any atom is 0.243 e. The van der Waals surface area contributed by atoms with Gasteiger partial charge in [0.15, 0.2) is 0 Å². The average molecular weight is 327 g/mol. The normalized spacial score (nSPS) is 9.96. The first kappa shape index (κ1) is 17.3. The molecule has 0 saturated heterocycles. The van der Waals surface area contributed by atoms with Crippen LogP contribution in [0.1, 0.15) is 12.5 Å². The van der Waals surface area contributed by atoms with Crippen LogP contribution >= 0.6 is 0 Å². The smallest absolute Gasteiger partial charge is 0.243 e. The molecule has 2 aromatic carbocycles. The zero-order valence-corrected chi connectivity index (χ0v) is 14.0. The molecule has 2 amide bonds. The number of benzene rings is 2. The Labute approximate surface area is 141 Å². The van der Waals surface area contributed by atoms with Crippen molar-refractivity contribution in [2.45, 2.75) is 13.8 Å². The summed E-state index contributed by atoms with van der Waals surface area (Å²) in [6, 6.07) is 12.7. The first-order valence-electron chi connectivity index (χ1n) is 7.54. The van der Waals surface area contributed by atoms with Crippen molar-refractivity contribution < 1.29 is 14.3 Å². The van der Waals surface area contributed by atoms with E-state index in [-0.39, 0.29) is 18.4 Å².